The SMILES string of the molecule is C=C(C)c1c(S(=O)(=O)[O-])ccc2cc3ccccc3cc12.[Rb+]. The standard InChI is InChI=1S/C17H14O3S.Rb/c1-11(2)17-15-10-13-6-4-3-5-12(13)9-14(15)7-8-16(17)21(18,19)20;/h3-10H,1H2,2H3,(H,18,19,20);/q;+1/p-1. The van der Waals surface area contributed by atoms with Crippen LogP contribution in [-0.4, -0.2) is 13.0 Å². The summed E-state index contributed by atoms with van der Waals surface area (Å²) in [5.74, 6) is 0. The van der Waals surface area contributed by atoms with Crippen molar-refractivity contribution >= 4 is 37.2 Å². The molecule has 0 atom stereocenters. The minimum Gasteiger partial charge on any atom is -0.744 e. The number of rotatable bonds is 2. The molecule has 0 N–H and O–H groups in total. The Kier molecular flexibility index (Phi) is 5.42. The second kappa shape index (κ2) is 6.63. The van der Waals surface area contributed by atoms with Crippen LogP contribution in [-0.2, 0) is 10.1 Å². The third-order valence-electron chi connectivity index (χ3n) is 3.54. The maximum atomic E-state index is 11.5. The first kappa shape index (κ1) is 18.0. The van der Waals surface area contributed by atoms with Gasteiger partial charge in [-0.25, -0.2) is 8.42 Å². The first-order chi connectivity index (χ1) is 9.88. The number of hydrogen-bond acceptors (Lipinski definition) is 3. The van der Waals surface area contributed by atoms with Gasteiger partial charge >= 0.3 is 58.2 Å². The molecule has 0 radical (unpaired) electrons. The minimum atomic E-state index is -4.53. The van der Waals surface area contributed by atoms with Gasteiger partial charge in [-0.05, 0) is 52.2 Å². The number of benzene rings is 3. The number of fused-ring (bicyclic) bond motifs is 2. The minimum absolute atomic E-state index is 0. The summed E-state index contributed by atoms with van der Waals surface area (Å²) in [6.07, 6.45) is 0. The van der Waals surface area contributed by atoms with Gasteiger partial charge in [0.2, 0.25) is 0 Å². The summed E-state index contributed by atoms with van der Waals surface area (Å²) in [5, 5.41) is 3.68. The van der Waals surface area contributed by atoms with Crippen LogP contribution in [0.2, 0.25) is 0 Å². The van der Waals surface area contributed by atoms with Gasteiger partial charge in [0.1, 0.15) is 10.1 Å². The predicted molar refractivity (Wildman–Crippen MR) is 84.1 cm³/mol. The van der Waals surface area contributed by atoms with Crippen molar-refractivity contribution in [2.75, 3.05) is 0 Å². The van der Waals surface area contributed by atoms with Gasteiger partial charge in [0.15, 0.2) is 0 Å². The molecule has 5 heteroatoms. The molecular formula is C17H13O3RbS. The zero-order valence-electron chi connectivity index (χ0n) is 12.5. The fourth-order valence-electron chi connectivity index (χ4n) is 2.64. The normalized spacial score (nSPS) is 11.4. The largest absolute Gasteiger partial charge is 1.00 e. The maximum absolute atomic E-state index is 11.5. The fourth-order valence-corrected chi connectivity index (χ4v) is 3.41. The molecule has 0 amide bonds. The zero-order chi connectivity index (χ0) is 15.2. The van der Waals surface area contributed by atoms with Gasteiger partial charge < -0.3 is 4.55 Å². The van der Waals surface area contributed by atoms with Gasteiger partial charge in [-0.3, -0.25) is 0 Å². The van der Waals surface area contributed by atoms with Crippen LogP contribution in [0.4, 0.5) is 0 Å². The van der Waals surface area contributed by atoms with Crippen molar-refractivity contribution < 1.29 is 71.2 Å². The Labute approximate surface area is 178 Å². The molecular weight excluding hydrogens is 370 g/mol. The second-order valence-electron chi connectivity index (χ2n) is 5.09. The average Bonchev–Trinajstić information content (AvgIpc) is 2.42. The first-order valence-corrected chi connectivity index (χ1v) is 7.86. The van der Waals surface area contributed by atoms with Crippen LogP contribution >= 0.6 is 0 Å². The molecule has 3 aromatic rings. The third-order valence-corrected chi connectivity index (χ3v) is 4.42. The Morgan fingerprint density at radius 3 is 2.14 bits per heavy atom. The van der Waals surface area contributed by atoms with Crippen molar-refractivity contribution in [1.82, 2.24) is 0 Å². The Bertz CT molecular complexity index is 991. The summed E-state index contributed by atoms with van der Waals surface area (Å²) < 4.78 is 34.4. The first-order valence-electron chi connectivity index (χ1n) is 6.45. The molecule has 0 aliphatic carbocycles. The van der Waals surface area contributed by atoms with Gasteiger partial charge in [-0.1, -0.05) is 36.9 Å². The molecule has 0 saturated heterocycles. The van der Waals surface area contributed by atoms with E-state index in [2.05, 4.69) is 6.58 Å². The van der Waals surface area contributed by atoms with Gasteiger partial charge in [0, 0.05) is 5.56 Å². The average molecular weight is 383 g/mol. The molecule has 0 bridgehead atoms. The molecule has 3 rings (SSSR count). The summed E-state index contributed by atoms with van der Waals surface area (Å²) in [4.78, 5) is -0.210. The van der Waals surface area contributed by atoms with Gasteiger partial charge in [0.05, 0.1) is 4.90 Å². The zero-order valence-corrected chi connectivity index (χ0v) is 18.2. The van der Waals surface area contributed by atoms with Crippen LogP contribution in [0.5, 0.6) is 0 Å². The summed E-state index contributed by atoms with van der Waals surface area (Å²) in [6, 6.07) is 14.7. The van der Waals surface area contributed by atoms with Gasteiger partial charge in [-0.2, -0.15) is 0 Å². The maximum Gasteiger partial charge on any atom is 1.00 e. The summed E-state index contributed by atoms with van der Waals surface area (Å²) in [6.45, 7) is 5.53. The molecule has 3 aromatic carbocycles. The quantitative estimate of drug-likeness (QED) is 0.489. The van der Waals surface area contributed by atoms with E-state index in [1.54, 1.807) is 13.0 Å². The van der Waals surface area contributed by atoms with E-state index in [-0.39, 0.29) is 63.1 Å². The molecule has 0 aliphatic rings. The van der Waals surface area contributed by atoms with E-state index in [4.69, 9.17) is 0 Å². The van der Waals surface area contributed by atoms with Crippen molar-refractivity contribution in [3.8, 4) is 0 Å². The van der Waals surface area contributed by atoms with Crippen LogP contribution in [0.3, 0.4) is 0 Å². The summed E-state index contributed by atoms with van der Waals surface area (Å²) >= 11 is 0. The predicted octanol–water partition coefficient (Wildman–Crippen LogP) is 0.934. The molecule has 0 unspecified atom stereocenters. The molecule has 0 aliphatic heterocycles. The van der Waals surface area contributed by atoms with Crippen LogP contribution in [0.15, 0.2) is 60.0 Å². The monoisotopic (exact) mass is 382 g/mol. The van der Waals surface area contributed by atoms with Crippen molar-refractivity contribution in [3.05, 3.63) is 60.7 Å². The summed E-state index contributed by atoms with van der Waals surface area (Å²) in [7, 11) is -4.53. The molecule has 3 nitrogen and oxygen atoms in total. The number of hydrogen-bond donors (Lipinski definition) is 0. The third kappa shape index (κ3) is 3.27. The molecule has 0 spiro atoms. The Morgan fingerprint density at radius 2 is 1.59 bits per heavy atom. The van der Waals surface area contributed by atoms with Crippen LogP contribution in [0, 0.1) is 0 Å². The molecule has 0 fully saturated rings. The van der Waals surface area contributed by atoms with E-state index in [1.165, 1.54) is 6.07 Å². The topological polar surface area (TPSA) is 57.2 Å². The van der Waals surface area contributed by atoms with Gasteiger partial charge in [-0.15, -0.1) is 0 Å². The van der Waals surface area contributed by atoms with Crippen molar-refractivity contribution in [3.63, 3.8) is 0 Å². The van der Waals surface area contributed by atoms with E-state index in [9.17, 15) is 13.0 Å². The van der Waals surface area contributed by atoms with E-state index in [0.717, 1.165) is 21.5 Å². The fraction of sp³-hybridized carbons (Fsp3) is 0.0588. The van der Waals surface area contributed by atoms with Gasteiger partial charge in [0.25, 0.3) is 0 Å². The Morgan fingerprint density at radius 1 is 1.00 bits per heavy atom. The van der Waals surface area contributed by atoms with E-state index >= 15 is 0 Å². The van der Waals surface area contributed by atoms with E-state index in [1.807, 2.05) is 36.4 Å². The van der Waals surface area contributed by atoms with E-state index < -0.39 is 10.1 Å². The van der Waals surface area contributed by atoms with Crippen molar-refractivity contribution in [2.45, 2.75) is 11.8 Å². The van der Waals surface area contributed by atoms with E-state index in [0.29, 0.717) is 11.1 Å². The number of allylic oxidation sites excluding steroid dienone is 1. The smallest absolute Gasteiger partial charge is 0.744 e. The van der Waals surface area contributed by atoms with Crippen LogP contribution in [0.25, 0.3) is 27.1 Å². The van der Waals surface area contributed by atoms with Crippen molar-refractivity contribution in [2.24, 2.45) is 0 Å². The molecule has 106 valence electrons. The molecule has 0 heterocycles. The van der Waals surface area contributed by atoms with Crippen molar-refractivity contribution in [1.29, 1.82) is 0 Å². The molecule has 0 aromatic heterocycles. The summed E-state index contributed by atoms with van der Waals surface area (Å²) in [5.41, 5.74) is 0.971. The Balaban J connectivity index is 0.00000176. The molecule has 0 saturated carbocycles. The van der Waals surface area contributed by atoms with Crippen LogP contribution < -0.4 is 58.2 Å². The molecule has 22 heavy (non-hydrogen) atoms. The Hall–Kier alpha value is -0.365. The second-order valence-corrected chi connectivity index (χ2v) is 6.44. The van der Waals surface area contributed by atoms with Crippen LogP contribution in [0.1, 0.15) is 12.5 Å².